The highest BCUT2D eigenvalue weighted by Gasteiger charge is 2.14. The average molecular weight is 366 g/mol. The van der Waals surface area contributed by atoms with Gasteiger partial charge in [0.05, 0.1) is 5.69 Å². The maximum absolute atomic E-state index is 9.32. The van der Waals surface area contributed by atoms with Gasteiger partial charge in [0.25, 0.3) is 0 Å². The zero-order chi connectivity index (χ0) is 15.2. The second kappa shape index (κ2) is 7.51. The molecule has 2 rings (SSSR count). The molecule has 0 aliphatic heterocycles. The van der Waals surface area contributed by atoms with Gasteiger partial charge in [-0.05, 0) is 48.1 Å². The molecular formula is C15H14BrClN4. The van der Waals surface area contributed by atoms with Crippen molar-refractivity contribution in [1.82, 2.24) is 15.3 Å². The Morgan fingerprint density at radius 1 is 1.29 bits per heavy atom. The molecule has 1 N–H and O–H groups in total. The lowest BCUT2D eigenvalue weighted by molar-refractivity contribution is 0.701. The molecule has 6 heteroatoms. The van der Waals surface area contributed by atoms with Crippen molar-refractivity contribution in [3.05, 3.63) is 45.3 Å². The van der Waals surface area contributed by atoms with Crippen LogP contribution >= 0.6 is 27.5 Å². The molecule has 0 amide bonds. The first-order valence-corrected chi connectivity index (χ1v) is 7.70. The van der Waals surface area contributed by atoms with Crippen molar-refractivity contribution < 1.29 is 0 Å². The Bertz CT molecular complexity index is 665. The molecule has 21 heavy (non-hydrogen) atoms. The number of aryl methyl sites for hydroxylation is 1. The quantitative estimate of drug-likeness (QED) is 0.650. The summed E-state index contributed by atoms with van der Waals surface area (Å²) in [6, 6.07) is 9.44. The normalized spacial score (nSPS) is 10.4. The summed E-state index contributed by atoms with van der Waals surface area (Å²) in [5, 5.41) is 13.1. The van der Waals surface area contributed by atoms with Crippen LogP contribution in [0, 0.1) is 11.3 Å². The summed E-state index contributed by atoms with van der Waals surface area (Å²) in [6.07, 6.45) is 1.70. The first-order valence-electron chi connectivity index (χ1n) is 6.52. The van der Waals surface area contributed by atoms with Gasteiger partial charge in [0.1, 0.15) is 22.1 Å². The van der Waals surface area contributed by atoms with Gasteiger partial charge < -0.3 is 5.32 Å². The number of aromatic nitrogens is 2. The molecule has 0 aliphatic carbocycles. The van der Waals surface area contributed by atoms with Crippen LogP contribution in [0.25, 0.3) is 11.3 Å². The van der Waals surface area contributed by atoms with Gasteiger partial charge in [-0.15, -0.1) is 0 Å². The minimum atomic E-state index is 0.440. The number of hydrogen-bond acceptors (Lipinski definition) is 4. The van der Waals surface area contributed by atoms with Crippen molar-refractivity contribution in [2.75, 3.05) is 13.6 Å². The molecule has 0 aliphatic rings. The van der Waals surface area contributed by atoms with Gasteiger partial charge >= 0.3 is 0 Å². The molecule has 0 fully saturated rings. The van der Waals surface area contributed by atoms with Gasteiger partial charge in [-0.2, -0.15) is 5.26 Å². The Labute approximate surface area is 137 Å². The van der Waals surface area contributed by atoms with E-state index in [0.717, 1.165) is 30.8 Å². The van der Waals surface area contributed by atoms with E-state index in [2.05, 4.69) is 37.3 Å². The number of benzene rings is 1. The lowest BCUT2D eigenvalue weighted by Crippen LogP contribution is -2.10. The average Bonchev–Trinajstić information content (AvgIpc) is 2.48. The van der Waals surface area contributed by atoms with E-state index in [1.54, 1.807) is 12.1 Å². The molecule has 1 heterocycles. The van der Waals surface area contributed by atoms with Crippen LogP contribution in [0.4, 0.5) is 0 Å². The predicted molar refractivity (Wildman–Crippen MR) is 87.1 cm³/mol. The van der Waals surface area contributed by atoms with Crippen molar-refractivity contribution in [2.24, 2.45) is 0 Å². The standard InChI is InChI=1S/C15H14BrClN4/c1-19-8-2-3-13-20-14(12(9-18)15(16)21-13)10-4-6-11(17)7-5-10/h4-7,19H,2-3,8H2,1H3. The fourth-order valence-corrected chi connectivity index (χ4v) is 2.53. The SMILES string of the molecule is CNCCCc1nc(Br)c(C#N)c(-c2ccc(Cl)cc2)n1. The first-order chi connectivity index (χ1) is 10.2. The van der Waals surface area contributed by atoms with E-state index in [9.17, 15) is 5.26 Å². The monoisotopic (exact) mass is 364 g/mol. The van der Waals surface area contributed by atoms with Gasteiger partial charge in [-0.25, -0.2) is 9.97 Å². The molecule has 0 bridgehead atoms. The lowest BCUT2D eigenvalue weighted by Gasteiger charge is -2.08. The van der Waals surface area contributed by atoms with Crippen LogP contribution in [-0.2, 0) is 6.42 Å². The molecule has 108 valence electrons. The van der Waals surface area contributed by atoms with Crippen molar-refractivity contribution in [3.8, 4) is 17.3 Å². The van der Waals surface area contributed by atoms with E-state index in [0.29, 0.717) is 20.9 Å². The summed E-state index contributed by atoms with van der Waals surface area (Å²) in [4.78, 5) is 8.89. The van der Waals surface area contributed by atoms with Gasteiger partial charge in [0.2, 0.25) is 0 Å². The van der Waals surface area contributed by atoms with Crippen molar-refractivity contribution >= 4 is 27.5 Å². The summed E-state index contributed by atoms with van der Waals surface area (Å²) >= 11 is 9.27. The third-order valence-corrected chi connectivity index (χ3v) is 3.79. The molecule has 0 radical (unpaired) electrons. The summed E-state index contributed by atoms with van der Waals surface area (Å²) in [5.41, 5.74) is 1.93. The molecule has 0 saturated carbocycles. The highest BCUT2D eigenvalue weighted by Crippen LogP contribution is 2.27. The topological polar surface area (TPSA) is 61.6 Å². The number of nitrogens with one attached hydrogen (secondary N) is 1. The maximum atomic E-state index is 9.32. The largest absolute Gasteiger partial charge is 0.320 e. The molecular weight excluding hydrogens is 352 g/mol. The van der Waals surface area contributed by atoms with E-state index in [1.165, 1.54) is 0 Å². The van der Waals surface area contributed by atoms with Crippen LogP contribution < -0.4 is 5.32 Å². The van der Waals surface area contributed by atoms with Gasteiger partial charge in [0.15, 0.2) is 0 Å². The van der Waals surface area contributed by atoms with Crippen LogP contribution in [-0.4, -0.2) is 23.6 Å². The Balaban J connectivity index is 2.42. The predicted octanol–water partition coefficient (Wildman–Crippen LogP) is 3.58. The first kappa shape index (κ1) is 15.9. The van der Waals surface area contributed by atoms with Crippen molar-refractivity contribution in [1.29, 1.82) is 5.26 Å². The third-order valence-electron chi connectivity index (χ3n) is 2.97. The van der Waals surface area contributed by atoms with E-state index in [4.69, 9.17) is 11.6 Å². The Kier molecular flexibility index (Phi) is 5.68. The lowest BCUT2D eigenvalue weighted by atomic mass is 10.1. The molecule has 0 saturated heterocycles. The Hall–Kier alpha value is -1.48. The highest BCUT2D eigenvalue weighted by atomic mass is 79.9. The van der Waals surface area contributed by atoms with Crippen molar-refractivity contribution in [3.63, 3.8) is 0 Å². The minimum Gasteiger partial charge on any atom is -0.320 e. The molecule has 4 nitrogen and oxygen atoms in total. The van der Waals surface area contributed by atoms with Crippen molar-refractivity contribution in [2.45, 2.75) is 12.8 Å². The van der Waals surface area contributed by atoms with Crippen LogP contribution in [0.2, 0.25) is 5.02 Å². The fraction of sp³-hybridized carbons (Fsp3) is 0.267. The van der Waals surface area contributed by atoms with E-state index in [-0.39, 0.29) is 0 Å². The summed E-state index contributed by atoms with van der Waals surface area (Å²) in [7, 11) is 1.91. The van der Waals surface area contributed by atoms with Crippen LogP contribution in [0.15, 0.2) is 28.9 Å². The number of hydrogen-bond donors (Lipinski definition) is 1. The smallest absolute Gasteiger partial charge is 0.130 e. The number of rotatable bonds is 5. The summed E-state index contributed by atoms with van der Waals surface area (Å²) in [5.74, 6) is 0.723. The highest BCUT2D eigenvalue weighted by molar-refractivity contribution is 9.10. The maximum Gasteiger partial charge on any atom is 0.130 e. The molecule has 0 unspecified atom stereocenters. The number of nitriles is 1. The second-order valence-electron chi connectivity index (χ2n) is 4.48. The minimum absolute atomic E-state index is 0.440. The number of nitrogens with zero attached hydrogens (tertiary/aromatic N) is 3. The van der Waals surface area contributed by atoms with E-state index >= 15 is 0 Å². The van der Waals surface area contributed by atoms with Crippen LogP contribution in [0.1, 0.15) is 17.8 Å². The fourth-order valence-electron chi connectivity index (χ4n) is 1.93. The van der Waals surface area contributed by atoms with Gasteiger partial charge in [-0.3, -0.25) is 0 Å². The van der Waals surface area contributed by atoms with E-state index in [1.807, 2.05) is 19.2 Å². The number of halogens is 2. The Morgan fingerprint density at radius 3 is 2.62 bits per heavy atom. The van der Waals surface area contributed by atoms with Gasteiger partial charge in [-0.1, -0.05) is 23.7 Å². The molecule has 2 aromatic rings. The molecule has 0 spiro atoms. The van der Waals surface area contributed by atoms with Gasteiger partial charge in [0, 0.05) is 17.0 Å². The molecule has 1 aromatic carbocycles. The van der Waals surface area contributed by atoms with E-state index < -0.39 is 0 Å². The zero-order valence-electron chi connectivity index (χ0n) is 11.5. The zero-order valence-corrected chi connectivity index (χ0v) is 13.9. The second-order valence-corrected chi connectivity index (χ2v) is 5.67. The molecule has 1 aromatic heterocycles. The van der Waals surface area contributed by atoms with Crippen LogP contribution in [0.5, 0.6) is 0 Å². The molecule has 0 atom stereocenters. The van der Waals surface area contributed by atoms with Crippen LogP contribution in [0.3, 0.4) is 0 Å². The summed E-state index contributed by atoms with van der Waals surface area (Å²) < 4.78 is 0.532. The Morgan fingerprint density at radius 2 is 2.00 bits per heavy atom. The third kappa shape index (κ3) is 4.01. The summed E-state index contributed by atoms with van der Waals surface area (Å²) in [6.45, 7) is 0.900.